The number of piperazine rings is 1. The first-order valence-electron chi connectivity index (χ1n) is 6.42. The highest BCUT2D eigenvalue weighted by molar-refractivity contribution is 6.67. The van der Waals surface area contributed by atoms with Gasteiger partial charge < -0.3 is 4.90 Å². The van der Waals surface area contributed by atoms with Crippen LogP contribution in [0.4, 0.5) is 0 Å². The normalized spacial score (nSPS) is 17.9. The summed E-state index contributed by atoms with van der Waals surface area (Å²) in [7, 11) is 0. The third-order valence-corrected chi connectivity index (χ3v) is 3.72. The van der Waals surface area contributed by atoms with Crippen molar-refractivity contribution in [3.05, 3.63) is 35.4 Å². The zero-order valence-electron chi connectivity index (χ0n) is 10.7. The van der Waals surface area contributed by atoms with Crippen molar-refractivity contribution < 1.29 is 4.79 Å². The van der Waals surface area contributed by atoms with E-state index < -0.39 is 5.24 Å². The van der Waals surface area contributed by atoms with Crippen LogP contribution in [0.1, 0.15) is 22.8 Å². The van der Waals surface area contributed by atoms with Crippen LogP contribution >= 0.6 is 11.6 Å². The van der Waals surface area contributed by atoms with Gasteiger partial charge in [-0.2, -0.15) is 0 Å². The van der Waals surface area contributed by atoms with E-state index in [4.69, 9.17) is 11.6 Å². The molecule has 0 unspecified atom stereocenters. The van der Waals surface area contributed by atoms with Crippen LogP contribution in [0, 0.1) is 0 Å². The lowest BCUT2D eigenvalue weighted by atomic mass is 10.1. The molecule has 1 heterocycles. The first kappa shape index (κ1) is 13.5. The Morgan fingerprint density at radius 1 is 1.11 bits per heavy atom. The molecule has 3 nitrogen and oxygen atoms in total. The Labute approximate surface area is 113 Å². The van der Waals surface area contributed by atoms with E-state index in [0.717, 1.165) is 39.3 Å². The minimum absolute atomic E-state index is 0.391. The van der Waals surface area contributed by atoms with Crippen molar-refractivity contribution in [3.8, 4) is 0 Å². The molecule has 0 aromatic heterocycles. The highest BCUT2D eigenvalue weighted by Crippen LogP contribution is 2.11. The van der Waals surface area contributed by atoms with E-state index in [9.17, 15) is 4.79 Å². The number of hydrogen-bond donors (Lipinski definition) is 0. The topological polar surface area (TPSA) is 23.6 Å². The second-order valence-corrected chi connectivity index (χ2v) is 5.02. The average molecular weight is 267 g/mol. The summed E-state index contributed by atoms with van der Waals surface area (Å²) >= 11 is 5.42. The van der Waals surface area contributed by atoms with Gasteiger partial charge in [-0.05, 0) is 35.8 Å². The first-order valence-corrected chi connectivity index (χ1v) is 6.80. The van der Waals surface area contributed by atoms with Gasteiger partial charge in [-0.3, -0.25) is 9.69 Å². The van der Waals surface area contributed by atoms with E-state index in [1.54, 1.807) is 12.1 Å². The Balaban J connectivity index is 1.88. The minimum Gasteiger partial charge on any atom is -0.301 e. The number of nitrogens with zero attached hydrogens (tertiary/aromatic N) is 2. The van der Waals surface area contributed by atoms with E-state index in [1.807, 2.05) is 12.1 Å². The van der Waals surface area contributed by atoms with Crippen LogP contribution in [-0.2, 0) is 6.54 Å². The smallest absolute Gasteiger partial charge is 0.252 e. The van der Waals surface area contributed by atoms with Crippen molar-refractivity contribution in [1.29, 1.82) is 0 Å². The van der Waals surface area contributed by atoms with Gasteiger partial charge in [0.2, 0.25) is 0 Å². The fourth-order valence-corrected chi connectivity index (χ4v) is 2.39. The number of benzene rings is 1. The zero-order chi connectivity index (χ0) is 13.0. The predicted octanol–water partition coefficient (Wildman–Crippen LogP) is 2.20. The van der Waals surface area contributed by atoms with Crippen LogP contribution in [0.15, 0.2) is 24.3 Å². The van der Waals surface area contributed by atoms with Gasteiger partial charge in [0.25, 0.3) is 5.24 Å². The molecule has 1 saturated heterocycles. The van der Waals surface area contributed by atoms with E-state index in [1.165, 1.54) is 5.56 Å². The summed E-state index contributed by atoms with van der Waals surface area (Å²) in [6.45, 7) is 8.82. The summed E-state index contributed by atoms with van der Waals surface area (Å²) < 4.78 is 0. The quantitative estimate of drug-likeness (QED) is 0.781. The van der Waals surface area contributed by atoms with Gasteiger partial charge in [0.05, 0.1) is 0 Å². The Hall–Kier alpha value is -0.900. The predicted molar refractivity (Wildman–Crippen MR) is 74.0 cm³/mol. The van der Waals surface area contributed by atoms with E-state index in [2.05, 4.69) is 16.7 Å². The average Bonchev–Trinajstić information content (AvgIpc) is 2.40. The molecule has 4 heteroatoms. The van der Waals surface area contributed by atoms with E-state index >= 15 is 0 Å². The molecule has 0 amide bonds. The van der Waals surface area contributed by atoms with Crippen molar-refractivity contribution in [2.24, 2.45) is 0 Å². The fourth-order valence-electron chi connectivity index (χ4n) is 2.26. The summed E-state index contributed by atoms with van der Waals surface area (Å²) in [5.41, 5.74) is 1.80. The summed E-state index contributed by atoms with van der Waals surface area (Å²) in [4.78, 5) is 15.9. The molecule has 0 bridgehead atoms. The SMILES string of the molecule is CCN1CCN(Cc2ccc(C(=O)Cl)cc2)CC1. The van der Waals surface area contributed by atoms with Crippen molar-refractivity contribution in [1.82, 2.24) is 9.80 Å². The molecular formula is C14H19ClN2O. The zero-order valence-corrected chi connectivity index (χ0v) is 11.5. The van der Waals surface area contributed by atoms with Gasteiger partial charge >= 0.3 is 0 Å². The minimum atomic E-state index is -0.391. The maximum atomic E-state index is 11.0. The Bertz CT molecular complexity index is 397. The third-order valence-electron chi connectivity index (χ3n) is 3.50. The van der Waals surface area contributed by atoms with Crippen molar-refractivity contribution in [2.45, 2.75) is 13.5 Å². The van der Waals surface area contributed by atoms with Crippen molar-refractivity contribution >= 4 is 16.8 Å². The molecule has 1 aliphatic heterocycles. The molecule has 1 aliphatic rings. The summed E-state index contributed by atoms with van der Waals surface area (Å²) in [6, 6.07) is 7.57. The molecular weight excluding hydrogens is 248 g/mol. The molecule has 2 rings (SSSR count). The lowest BCUT2D eigenvalue weighted by Gasteiger charge is -2.34. The van der Waals surface area contributed by atoms with Gasteiger partial charge in [-0.25, -0.2) is 0 Å². The van der Waals surface area contributed by atoms with E-state index in [-0.39, 0.29) is 0 Å². The van der Waals surface area contributed by atoms with Gasteiger partial charge in [0.1, 0.15) is 0 Å². The fraction of sp³-hybridized carbons (Fsp3) is 0.500. The second kappa shape index (κ2) is 6.32. The maximum absolute atomic E-state index is 11.0. The van der Waals surface area contributed by atoms with Crippen LogP contribution < -0.4 is 0 Å². The molecule has 0 atom stereocenters. The maximum Gasteiger partial charge on any atom is 0.252 e. The molecule has 0 N–H and O–H groups in total. The van der Waals surface area contributed by atoms with Gasteiger partial charge in [0, 0.05) is 38.3 Å². The molecule has 0 radical (unpaired) electrons. The van der Waals surface area contributed by atoms with Crippen LogP contribution in [-0.4, -0.2) is 47.8 Å². The number of hydrogen-bond acceptors (Lipinski definition) is 3. The Morgan fingerprint density at radius 2 is 1.67 bits per heavy atom. The molecule has 1 aromatic rings. The largest absolute Gasteiger partial charge is 0.301 e. The number of rotatable bonds is 4. The van der Waals surface area contributed by atoms with Crippen LogP contribution in [0.25, 0.3) is 0 Å². The van der Waals surface area contributed by atoms with Gasteiger partial charge in [-0.1, -0.05) is 19.1 Å². The lowest BCUT2D eigenvalue weighted by molar-refractivity contribution is 0.108. The number of halogens is 1. The lowest BCUT2D eigenvalue weighted by Crippen LogP contribution is -2.45. The first-order chi connectivity index (χ1) is 8.69. The molecule has 18 heavy (non-hydrogen) atoms. The van der Waals surface area contributed by atoms with Gasteiger partial charge in [-0.15, -0.1) is 0 Å². The number of likely N-dealkylation sites (N-methyl/N-ethyl adjacent to an activating group) is 1. The Kier molecular flexibility index (Phi) is 4.75. The van der Waals surface area contributed by atoms with E-state index in [0.29, 0.717) is 5.56 Å². The summed E-state index contributed by atoms with van der Waals surface area (Å²) in [5, 5.41) is -0.391. The standard InChI is InChI=1S/C14H19ClN2O/c1-2-16-7-9-17(10-8-16)11-12-3-5-13(6-4-12)14(15)18/h3-6H,2,7-11H2,1H3. The highest BCUT2D eigenvalue weighted by atomic mass is 35.5. The van der Waals surface area contributed by atoms with Crippen molar-refractivity contribution in [2.75, 3.05) is 32.7 Å². The van der Waals surface area contributed by atoms with Gasteiger partial charge in [0.15, 0.2) is 0 Å². The molecule has 1 fully saturated rings. The van der Waals surface area contributed by atoms with Crippen LogP contribution in [0.3, 0.4) is 0 Å². The Morgan fingerprint density at radius 3 is 2.17 bits per heavy atom. The molecule has 0 spiro atoms. The molecule has 0 aliphatic carbocycles. The third kappa shape index (κ3) is 3.55. The van der Waals surface area contributed by atoms with Crippen LogP contribution in [0.2, 0.25) is 0 Å². The number of carbonyl (C=O) groups excluding carboxylic acids is 1. The van der Waals surface area contributed by atoms with Crippen LogP contribution in [0.5, 0.6) is 0 Å². The summed E-state index contributed by atoms with van der Waals surface area (Å²) in [5.74, 6) is 0. The monoisotopic (exact) mass is 266 g/mol. The number of carbonyl (C=O) groups is 1. The summed E-state index contributed by atoms with van der Waals surface area (Å²) in [6.07, 6.45) is 0. The molecule has 1 aromatic carbocycles. The second-order valence-electron chi connectivity index (χ2n) is 4.68. The van der Waals surface area contributed by atoms with Crippen molar-refractivity contribution in [3.63, 3.8) is 0 Å². The highest BCUT2D eigenvalue weighted by Gasteiger charge is 2.15. The molecule has 98 valence electrons. The molecule has 0 saturated carbocycles.